The van der Waals surface area contributed by atoms with Crippen LogP contribution in [0.5, 0.6) is 0 Å². The second-order valence-electron chi connectivity index (χ2n) is 4.01. The Morgan fingerprint density at radius 2 is 2.19 bits per heavy atom. The van der Waals surface area contributed by atoms with E-state index in [0.717, 1.165) is 0 Å². The largest absolute Gasteiger partial charge is 0.480 e. The first-order chi connectivity index (χ1) is 7.59. The van der Waals surface area contributed by atoms with Crippen LogP contribution in [0.15, 0.2) is 0 Å². The van der Waals surface area contributed by atoms with Crippen molar-refractivity contribution in [3.8, 4) is 0 Å². The minimum atomic E-state index is -1.05. The monoisotopic (exact) mass is 246 g/mol. The van der Waals surface area contributed by atoms with E-state index in [9.17, 15) is 14.7 Å². The summed E-state index contributed by atoms with van der Waals surface area (Å²) in [6, 6.07) is -1.19. The summed E-state index contributed by atoms with van der Waals surface area (Å²) in [5, 5.41) is 21.4. The lowest BCUT2D eigenvalue weighted by Crippen LogP contribution is -2.49. The van der Waals surface area contributed by atoms with E-state index >= 15 is 0 Å². The topological polar surface area (TPSA) is 89.9 Å². The number of carbonyl (C=O) groups is 2. The van der Waals surface area contributed by atoms with E-state index < -0.39 is 18.1 Å². The van der Waals surface area contributed by atoms with E-state index in [1.165, 1.54) is 4.90 Å². The van der Waals surface area contributed by atoms with Gasteiger partial charge in [0.25, 0.3) is 0 Å². The van der Waals surface area contributed by atoms with Gasteiger partial charge in [-0.3, -0.25) is 10.1 Å². The zero-order valence-electron chi connectivity index (χ0n) is 8.63. The zero-order valence-corrected chi connectivity index (χ0v) is 9.44. The van der Waals surface area contributed by atoms with Gasteiger partial charge in [0.05, 0.1) is 12.1 Å². The summed E-state index contributed by atoms with van der Waals surface area (Å²) >= 11 is 1.61. The second kappa shape index (κ2) is 4.60. The van der Waals surface area contributed by atoms with Gasteiger partial charge in [0.1, 0.15) is 6.04 Å². The Morgan fingerprint density at radius 3 is 2.75 bits per heavy atom. The third-order valence-corrected chi connectivity index (χ3v) is 3.80. The van der Waals surface area contributed by atoms with Crippen LogP contribution in [0.4, 0.5) is 0 Å². The lowest BCUT2D eigenvalue weighted by Gasteiger charge is -2.24. The Hall–Kier alpha value is -0.790. The maximum Gasteiger partial charge on any atom is 0.326 e. The molecule has 2 fully saturated rings. The maximum atomic E-state index is 12.0. The van der Waals surface area contributed by atoms with E-state index in [1.807, 2.05) is 0 Å². The second-order valence-corrected chi connectivity index (χ2v) is 5.04. The zero-order chi connectivity index (χ0) is 11.7. The Balaban J connectivity index is 2.06. The van der Waals surface area contributed by atoms with Crippen molar-refractivity contribution >= 4 is 23.6 Å². The van der Waals surface area contributed by atoms with E-state index in [-0.39, 0.29) is 24.9 Å². The number of carbonyl (C=O) groups excluding carboxylic acids is 1. The summed E-state index contributed by atoms with van der Waals surface area (Å²) in [7, 11) is 0. The molecular formula is C9H14N2O4S. The summed E-state index contributed by atoms with van der Waals surface area (Å²) < 4.78 is 0. The number of aliphatic hydroxyl groups excluding tert-OH is 1. The van der Waals surface area contributed by atoms with Crippen LogP contribution in [0.3, 0.4) is 0 Å². The number of amides is 1. The van der Waals surface area contributed by atoms with Gasteiger partial charge in [0.15, 0.2) is 0 Å². The van der Waals surface area contributed by atoms with Crippen molar-refractivity contribution in [3.05, 3.63) is 0 Å². The molecule has 2 unspecified atom stereocenters. The smallest absolute Gasteiger partial charge is 0.326 e. The lowest BCUT2D eigenvalue weighted by molar-refractivity contribution is -0.148. The molecule has 0 spiro atoms. The van der Waals surface area contributed by atoms with Gasteiger partial charge in [-0.25, -0.2) is 4.79 Å². The van der Waals surface area contributed by atoms with Crippen molar-refractivity contribution in [1.29, 1.82) is 0 Å². The summed E-state index contributed by atoms with van der Waals surface area (Å²) in [5.74, 6) is 0.118. The van der Waals surface area contributed by atoms with Gasteiger partial charge in [-0.1, -0.05) is 0 Å². The van der Waals surface area contributed by atoms with Crippen LogP contribution in [0.25, 0.3) is 0 Å². The Labute approximate surface area is 97.0 Å². The maximum absolute atomic E-state index is 12.0. The summed E-state index contributed by atoms with van der Waals surface area (Å²) in [6.07, 6.45) is -0.597. The third-order valence-electron chi connectivity index (χ3n) is 2.86. The number of likely N-dealkylation sites (tertiary alicyclic amines) is 1. The molecule has 0 aromatic heterocycles. The summed E-state index contributed by atoms with van der Waals surface area (Å²) in [6.45, 7) is 0.124. The number of thioether (sulfide) groups is 1. The van der Waals surface area contributed by atoms with Crippen LogP contribution in [0.2, 0.25) is 0 Å². The van der Waals surface area contributed by atoms with Gasteiger partial charge >= 0.3 is 5.97 Å². The van der Waals surface area contributed by atoms with Crippen LogP contribution in [0.1, 0.15) is 6.42 Å². The van der Waals surface area contributed by atoms with E-state index in [1.54, 1.807) is 11.8 Å². The fourth-order valence-electron chi connectivity index (χ4n) is 2.05. The number of aliphatic hydroxyl groups is 1. The number of rotatable bonds is 2. The standard InChI is InChI=1S/C9H14N2O4S/c12-5-1-7(9(14)15)11(2-5)8(13)6-3-16-4-10-6/h5-7,10,12H,1-4H2,(H,14,15)/t5?,6?,7-/m0/s1. The number of hydrogen-bond donors (Lipinski definition) is 3. The fourth-order valence-corrected chi connectivity index (χ4v) is 2.98. The van der Waals surface area contributed by atoms with Gasteiger partial charge in [-0.2, -0.15) is 0 Å². The van der Waals surface area contributed by atoms with Crippen LogP contribution >= 0.6 is 11.8 Å². The Bertz CT molecular complexity index is 306. The van der Waals surface area contributed by atoms with Crippen LogP contribution in [-0.4, -0.2) is 63.4 Å². The summed E-state index contributed by atoms with van der Waals surface area (Å²) in [5.41, 5.74) is 0. The number of β-amino-alcohol motifs (C(OH)–C–C–N with tert-alkyl or cyclic N) is 1. The van der Waals surface area contributed by atoms with Crippen molar-refractivity contribution in [2.24, 2.45) is 0 Å². The molecule has 6 nitrogen and oxygen atoms in total. The number of carboxylic acid groups (broad SMARTS) is 1. The van der Waals surface area contributed by atoms with Crippen LogP contribution < -0.4 is 5.32 Å². The Kier molecular flexibility index (Phi) is 3.36. The van der Waals surface area contributed by atoms with Crippen LogP contribution in [-0.2, 0) is 9.59 Å². The number of nitrogens with zero attached hydrogens (tertiary/aromatic N) is 1. The molecule has 2 saturated heterocycles. The molecule has 0 aromatic carbocycles. The molecule has 3 atom stereocenters. The molecule has 2 rings (SSSR count). The molecular weight excluding hydrogens is 232 g/mol. The van der Waals surface area contributed by atoms with Crippen molar-refractivity contribution in [2.75, 3.05) is 18.2 Å². The predicted octanol–water partition coefficient (Wildman–Crippen LogP) is -1.30. The molecule has 0 radical (unpaired) electrons. The molecule has 0 aromatic rings. The van der Waals surface area contributed by atoms with E-state index in [4.69, 9.17) is 5.11 Å². The van der Waals surface area contributed by atoms with Gasteiger partial charge in [-0.05, 0) is 0 Å². The average molecular weight is 246 g/mol. The molecule has 3 N–H and O–H groups in total. The average Bonchev–Trinajstić information content (AvgIpc) is 2.84. The number of hydrogen-bond acceptors (Lipinski definition) is 5. The highest BCUT2D eigenvalue weighted by atomic mass is 32.2. The van der Waals surface area contributed by atoms with Crippen molar-refractivity contribution < 1.29 is 19.8 Å². The van der Waals surface area contributed by atoms with Crippen molar-refractivity contribution in [1.82, 2.24) is 10.2 Å². The highest BCUT2D eigenvalue weighted by Gasteiger charge is 2.41. The minimum absolute atomic E-state index is 0.124. The van der Waals surface area contributed by atoms with Crippen LogP contribution in [0, 0.1) is 0 Å². The molecule has 0 saturated carbocycles. The predicted molar refractivity (Wildman–Crippen MR) is 58.0 cm³/mol. The first kappa shape index (κ1) is 11.7. The van der Waals surface area contributed by atoms with E-state index in [0.29, 0.717) is 11.6 Å². The normalized spacial score (nSPS) is 34.3. The Morgan fingerprint density at radius 1 is 1.44 bits per heavy atom. The third kappa shape index (κ3) is 2.16. The molecule has 2 heterocycles. The molecule has 2 aliphatic heterocycles. The van der Waals surface area contributed by atoms with Crippen molar-refractivity contribution in [3.63, 3.8) is 0 Å². The highest BCUT2D eigenvalue weighted by Crippen LogP contribution is 2.21. The molecule has 90 valence electrons. The van der Waals surface area contributed by atoms with Gasteiger partial charge < -0.3 is 15.1 Å². The van der Waals surface area contributed by atoms with Gasteiger partial charge in [0.2, 0.25) is 5.91 Å². The lowest BCUT2D eigenvalue weighted by atomic mass is 10.2. The molecule has 16 heavy (non-hydrogen) atoms. The summed E-state index contributed by atoms with van der Waals surface area (Å²) in [4.78, 5) is 24.2. The SMILES string of the molecule is O=C(O)[C@@H]1CC(O)CN1C(=O)C1CSCN1. The highest BCUT2D eigenvalue weighted by molar-refractivity contribution is 7.99. The van der Waals surface area contributed by atoms with Crippen molar-refractivity contribution in [2.45, 2.75) is 24.6 Å². The number of nitrogens with one attached hydrogen (secondary N) is 1. The quantitative estimate of drug-likeness (QED) is 0.561. The molecule has 0 bridgehead atoms. The first-order valence-corrected chi connectivity index (χ1v) is 6.27. The molecule has 7 heteroatoms. The number of carboxylic acids is 1. The molecule has 2 aliphatic rings. The minimum Gasteiger partial charge on any atom is -0.480 e. The van der Waals surface area contributed by atoms with E-state index in [2.05, 4.69) is 5.32 Å². The number of aliphatic carboxylic acids is 1. The van der Waals surface area contributed by atoms with Gasteiger partial charge in [-0.15, -0.1) is 11.8 Å². The first-order valence-electron chi connectivity index (χ1n) is 5.12. The van der Waals surface area contributed by atoms with Gasteiger partial charge in [0, 0.05) is 24.6 Å². The molecule has 0 aliphatic carbocycles. The molecule has 1 amide bonds. The fraction of sp³-hybridized carbons (Fsp3) is 0.778.